The van der Waals surface area contributed by atoms with Crippen LogP contribution in [0.4, 0.5) is 0 Å². The summed E-state index contributed by atoms with van der Waals surface area (Å²) in [5.41, 5.74) is 2.79. The molecule has 0 radical (unpaired) electrons. The van der Waals surface area contributed by atoms with Gasteiger partial charge < -0.3 is 14.2 Å². The summed E-state index contributed by atoms with van der Waals surface area (Å²) in [4.78, 5) is 17.7. The molecular formula is C19H24N2O2. The molecule has 3 heterocycles. The Labute approximate surface area is 137 Å². The van der Waals surface area contributed by atoms with E-state index in [4.69, 9.17) is 4.42 Å². The molecule has 4 rings (SSSR count). The highest BCUT2D eigenvalue weighted by Gasteiger charge is 2.40. The maximum Gasteiger partial charge on any atom is 0.258 e. The van der Waals surface area contributed by atoms with Crippen molar-refractivity contribution in [3.8, 4) is 0 Å². The second-order valence-electron chi connectivity index (χ2n) is 6.98. The number of rotatable bonds is 2. The molecular weight excluding hydrogens is 288 g/mol. The van der Waals surface area contributed by atoms with Gasteiger partial charge in [0, 0.05) is 24.0 Å². The van der Waals surface area contributed by atoms with Gasteiger partial charge in [-0.25, -0.2) is 0 Å². The van der Waals surface area contributed by atoms with Gasteiger partial charge in [-0.3, -0.25) is 4.79 Å². The van der Waals surface area contributed by atoms with Gasteiger partial charge in [-0.1, -0.05) is 13.0 Å². The molecule has 4 nitrogen and oxygen atoms in total. The number of hydrogen-bond donors (Lipinski definition) is 0. The SMILES string of the molecule is CCc1ccc2occ(C(=O)N3[C@H]4CC[C@@H]3CN(C)CC4)c2c1. The largest absolute Gasteiger partial charge is 0.463 e. The molecule has 0 N–H and O–H groups in total. The number of furan rings is 1. The van der Waals surface area contributed by atoms with Gasteiger partial charge in [-0.05, 0) is 57.0 Å². The summed E-state index contributed by atoms with van der Waals surface area (Å²) in [6, 6.07) is 6.90. The summed E-state index contributed by atoms with van der Waals surface area (Å²) < 4.78 is 5.65. The molecule has 2 aliphatic heterocycles. The Morgan fingerprint density at radius 2 is 2.09 bits per heavy atom. The zero-order valence-electron chi connectivity index (χ0n) is 13.9. The third-order valence-corrected chi connectivity index (χ3v) is 5.50. The van der Waals surface area contributed by atoms with Crippen LogP contribution in [0.1, 0.15) is 42.1 Å². The lowest BCUT2D eigenvalue weighted by Crippen LogP contribution is -2.42. The molecule has 4 heteroatoms. The summed E-state index contributed by atoms with van der Waals surface area (Å²) in [6.45, 7) is 4.20. The summed E-state index contributed by atoms with van der Waals surface area (Å²) in [5, 5.41) is 0.964. The molecule has 23 heavy (non-hydrogen) atoms. The number of likely N-dealkylation sites (tertiary alicyclic amines) is 1. The molecule has 1 amide bonds. The van der Waals surface area contributed by atoms with Gasteiger partial charge in [0.2, 0.25) is 0 Å². The highest BCUT2D eigenvalue weighted by Crippen LogP contribution is 2.33. The average molecular weight is 312 g/mol. The topological polar surface area (TPSA) is 36.7 Å². The fourth-order valence-corrected chi connectivity index (χ4v) is 4.18. The van der Waals surface area contributed by atoms with Gasteiger partial charge in [-0.15, -0.1) is 0 Å². The Hall–Kier alpha value is -1.81. The molecule has 2 aliphatic rings. The van der Waals surface area contributed by atoms with Crippen molar-refractivity contribution in [1.82, 2.24) is 9.80 Å². The zero-order valence-corrected chi connectivity index (χ0v) is 13.9. The normalized spacial score (nSPS) is 25.0. The highest BCUT2D eigenvalue weighted by molar-refractivity contribution is 6.06. The standard InChI is InChI=1S/C19H24N2O2/c1-3-13-4-7-18-16(10-13)17(12-23-18)19(22)21-14-5-6-15(21)11-20(2)9-8-14/h4,7,10,12,14-15H,3,5-6,8-9,11H2,1-2H3/t14-,15+/m0/s1. The van der Waals surface area contributed by atoms with Crippen molar-refractivity contribution in [2.75, 3.05) is 20.1 Å². The van der Waals surface area contributed by atoms with Crippen molar-refractivity contribution >= 4 is 16.9 Å². The monoisotopic (exact) mass is 312 g/mol. The molecule has 0 unspecified atom stereocenters. The Morgan fingerprint density at radius 1 is 1.26 bits per heavy atom. The zero-order chi connectivity index (χ0) is 16.0. The van der Waals surface area contributed by atoms with Gasteiger partial charge in [0.25, 0.3) is 5.91 Å². The molecule has 2 bridgehead atoms. The van der Waals surface area contributed by atoms with E-state index in [1.807, 2.05) is 6.07 Å². The van der Waals surface area contributed by atoms with E-state index in [0.29, 0.717) is 12.1 Å². The predicted molar refractivity (Wildman–Crippen MR) is 90.7 cm³/mol. The summed E-state index contributed by atoms with van der Waals surface area (Å²) in [6.07, 6.45) is 5.96. The number of nitrogens with zero attached hydrogens (tertiary/aromatic N) is 2. The molecule has 2 fully saturated rings. The number of carbonyl (C=O) groups is 1. The Bertz CT molecular complexity index is 736. The van der Waals surface area contributed by atoms with E-state index < -0.39 is 0 Å². The number of hydrogen-bond acceptors (Lipinski definition) is 3. The number of fused-ring (bicyclic) bond motifs is 3. The first-order valence-corrected chi connectivity index (χ1v) is 8.68. The van der Waals surface area contributed by atoms with Gasteiger partial charge >= 0.3 is 0 Å². The van der Waals surface area contributed by atoms with Crippen molar-refractivity contribution in [2.24, 2.45) is 0 Å². The van der Waals surface area contributed by atoms with Crippen LogP contribution in [-0.2, 0) is 6.42 Å². The molecule has 2 atom stereocenters. The first kappa shape index (κ1) is 14.8. The fourth-order valence-electron chi connectivity index (χ4n) is 4.18. The molecule has 0 saturated carbocycles. The van der Waals surface area contributed by atoms with Crippen LogP contribution in [0.15, 0.2) is 28.9 Å². The number of aryl methyl sites for hydroxylation is 1. The lowest BCUT2D eigenvalue weighted by Gasteiger charge is -2.28. The average Bonchev–Trinajstić information content (AvgIpc) is 3.10. The van der Waals surface area contributed by atoms with Crippen molar-refractivity contribution in [3.63, 3.8) is 0 Å². The van der Waals surface area contributed by atoms with E-state index in [-0.39, 0.29) is 5.91 Å². The third kappa shape index (κ3) is 2.45. The second-order valence-corrected chi connectivity index (χ2v) is 6.98. The smallest absolute Gasteiger partial charge is 0.258 e. The van der Waals surface area contributed by atoms with Crippen molar-refractivity contribution in [3.05, 3.63) is 35.6 Å². The van der Waals surface area contributed by atoms with E-state index >= 15 is 0 Å². The summed E-state index contributed by atoms with van der Waals surface area (Å²) >= 11 is 0. The van der Waals surface area contributed by atoms with Crippen LogP contribution < -0.4 is 0 Å². The quantitative estimate of drug-likeness (QED) is 0.854. The summed E-state index contributed by atoms with van der Waals surface area (Å²) in [5.74, 6) is 0.153. The first-order chi connectivity index (χ1) is 11.2. The lowest BCUT2D eigenvalue weighted by atomic mass is 10.1. The third-order valence-electron chi connectivity index (χ3n) is 5.50. The number of carbonyl (C=O) groups excluding carboxylic acids is 1. The predicted octanol–water partition coefficient (Wildman–Crippen LogP) is 3.30. The molecule has 2 saturated heterocycles. The van der Waals surface area contributed by atoms with Gasteiger partial charge in [0.1, 0.15) is 11.8 Å². The minimum Gasteiger partial charge on any atom is -0.463 e. The van der Waals surface area contributed by atoms with E-state index in [9.17, 15) is 4.79 Å². The second kappa shape index (κ2) is 5.68. The van der Waals surface area contributed by atoms with E-state index in [2.05, 4.69) is 35.9 Å². The Kier molecular flexibility index (Phi) is 3.64. The van der Waals surface area contributed by atoms with Gasteiger partial charge in [-0.2, -0.15) is 0 Å². The minimum absolute atomic E-state index is 0.153. The maximum absolute atomic E-state index is 13.2. The van der Waals surface area contributed by atoms with Crippen LogP contribution in [0.5, 0.6) is 0 Å². The molecule has 0 aliphatic carbocycles. The Balaban J connectivity index is 1.71. The minimum atomic E-state index is 0.153. The molecule has 0 spiro atoms. The van der Waals surface area contributed by atoms with Gasteiger partial charge in [0.05, 0.1) is 5.56 Å². The van der Waals surface area contributed by atoms with E-state index in [0.717, 1.165) is 55.3 Å². The first-order valence-electron chi connectivity index (χ1n) is 8.68. The van der Waals surface area contributed by atoms with Crippen molar-refractivity contribution in [2.45, 2.75) is 44.7 Å². The van der Waals surface area contributed by atoms with Crippen LogP contribution in [0.2, 0.25) is 0 Å². The maximum atomic E-state index is 13.2. The summed E-state index contributed by atoms with van der Waals surface area (Å²) in [7, 11) is 2.16. The van der Waals surface area contributed by atoms with Crippen molar-refractivity contribution < 1.29 is 9.21 Å². The molecule has 1 aromatic carbocycles. The van der Waals surface area contributed by atoms with Crippen LogP contribution in [-0.4, -0.2) is 47.9 Å². The number of benzene rings is 1. The Morgan fingerprint density at radius 3 is 2.91 bits per heavy atom. The number of likely N-dealkylation sites (N-methyl/N-ethyl adjacent to an activating group) is 1. The molecule has 2 aromatic rings. The number of amides is 1. The van der Waals surface area contributed by atoms with Crippen molar-refractivity contribution in [1.29, 1.82) is 0 Å². The van der Waals surface area contributed by atoms with Crippen LogP contribution in [0.25, 0.3) is 11.0 Å². The lowest BCUT2D eigenvalue weighted by molar-refractivity contribution is 0.0674. The fraction of sp³-hybridized carbons (Fsp3) is 0.526. The van der Waals surface area contributed by atoms with Crippen LogP contribution >= 0.6 is 0 Å². The van der Waals surface area contributed by atoms with E-state index in [1.165, 1.54) is 5.56 Å². The van der Waals surface area contributed by atoms with Crippen LogP contribution in [0.3, 0.4) is 0 Å². The molecule has 1 aromatic heterocycles. The molecule has 122 valence electrons. The highest BCUT2D eigenvalue weighted by atomic mass is 16.3. The van der Waals surface area contributed by atoms with Gasteiger partial charge in [0.15, 0.2) is 0 Å². The van der Waals surface area contributed by atoms with Crippen LogP contribution in [0, 0.1) is 0 Å². The van der Waals surface area contributed by atoms with E-state index in [1.54, 1.807) is 6.26 Å².